The van der Waals surface area contributed by atoms with E-state index in [0.717, 1.165) is 10.8 Å². The summed E-state index contributed by atoms with van der Waals surface area (Å²) in [4.78, 5) is 24.8. The van der Waals surface area contributed by atoms with Crippen LogP contribution < -0.4 is 11.2 Å². The van der Waals surface area contributed by atoms with Crippen molar-refractivity contribution in [1.29, 1.82) is 0 Å². The molecular weight excluding hydrogens is 315 g/mol. The van der Waals surface area contributed by atoms with Gasteiger partial charge in [-0.25, -0.2) is 9.18 Å². The molecule has 18 heavy (non-hydrogen) atoms. The SMILES string of the molecule is O=c1[nH]c(=O)n([C@@]2(CO)OC[C@H](F)[C@@H]2O)cc1Br. The number of hydrogen-bond acceptors (Lipinski definition) is 5. The predicted octanol–water partition coefficient (Wildman–Crippen LogP) is -1.33. The highest BCUT2D eigenvalue weighted by Crippen LogP contribution is 2.31. The van der Waals surface area contributed by atoms with Crippen LogP contribution in [0.5, 0.6) is 0 Å². The Labute approximate surface area is 108 Å². The summed E-state index contributed by atoms with van der Waals surface area (Å²) in [6, 6.07) is 0. The van der Waals surface area contributed by atoms with Crippen LogP contribution in [0.3, 0.4) is 0 Å². The van der Waals surface area contributed by atoms with Gasteiger partial charge in [0.2, 0.25) is 5.72 Å². The molecule has 1 saturated heterocycles. The normalized spacial score (nSPS) is 31.8. The molecule has 0 aromatic carbocycles. The van der Waals surface area contributed by atoms with Gasteiger partial charge in [-0.05, 0) is 15.9 Å². The van der Waals surface area contributed by atoms with Crippen LogP contribution in [0.1, 0.15) is 0 Å². The number of ether oxygens (including phenoxy) is 1. The number of H-pyrrole nitrogens is 1. The summed E-state index contributed by atoms with van der Waals surface area (Å²) < 4.78 is 19.1. The van der Waals surface area contributed by atoms with Crippen molar-refractivity contribution in [2.75, 3.05) is 13.2 Å². The highest BCUT2D eigenvalue weighted by atomic mass is 79.9. The van der Waals surface area contributed by atoms with E-state index in [1.165, 1.54) is 0 Å². The fourth-order valence-electron chi connectivity index (χ4n) is 1.84. The number of nitrogens with one attached hydrogen (secondary N) is 1. The molecule has 1 aliphatic rings. The second-order valence-corrected chi connectivity index (χ2v) is 4.74. The lowest BCUT2D eigenvalue weighted by Crippen LogP contribution is -2.53. The van der Waals surface area contributed by atoms with Crippen LogP contribution in [0, 0.1) is 0 Å². The largest absolute Gasteiger partial charge is 0.391 e. The number of nitrogens with zero attached hydrogens (tertiary/aromatic N) is 1. The molecule has 0 unspecified atom stereocenters. The van der Waals surface area contributed by atoms with E-state index in [1.54, 1.807) is 0 Å². The minimum atomic E-state index is -1.93. The number of aliphatic hydroxyl groups is 2. The van der Waals surface area contributed by atoms with Gasteiger partial charge < -0.3 is 14.9 Å². The van der Waals surface area contributed by atoms with Crippen molar-refractivity contribution in [3.63, 3.8) is 0 Å². The maximum absolute atomic E-state index is 13.3. The van der Waals surface area contributed by atoms with E-state index < -0.39 is 42.5 Å². The number of aromatic amines is 1. The highest BCUT2D eigenvalue weighted by Gasteiger charge is 2.52. The van der Waals surface area contributed by atoms with Crippen LogP contribution in [0.15, 0.2) is 20.3 Å². The van der Waals surface area contributed by atoms with Gasteiger partial charge in [-0.1, -0.05) is 0 Å². The van der Waals surface area contributed by atoms with E-state index in [4.69, 9.17) is 4.74 Å². The molecular formula is C9H10BrFN2O5. The Bertz CT molecular complexity index is 573. The molecule has 0 bridgehead atoms. The molecule has 100 valence electrons. The van der Waals surface area contributed by atoms with E-state index in [1.807, 2.05) is 4.98 Å². The lowest BCUT2D eigenvalue weighted by Gasteiger charge is -2.31. The molecule has 3 N–H and O–H groups in total. The maximum atomic E-state index is 13.3. The number of aromatic nitrogens is 2. The summed E-state index contributed by atoms with van der Waals surface area (Å²) in [6.45, 7) is -1.27. The zero-order valence-electron chi connectivity index (χ0n) is 8.97. The third-order valence-electron chi connectivity index (χ3n) is 2.83. The van der Waals surface area contributed by atoms with E-state index >= 15 is 0 Å². The molecule has 0 spiro atoms. The summed E-state index contributed by atoms with van der Waals surface area (Å²) in [7, 11) is 0. The lowest BCUT2D eigenvalue weighted by atomic mass is 10.1. The van der Waals surface area contributed by atoms with Gasteiger partial charge in [-0.3, -0.25) is 14.3 Å². The summed E-state index contributed by atoms with van der Waals surface area (Å²) in [5.41, 5.74) is -3.51. The van der Waals surface area contributed by atoms with Crippen LogP contribution in [0.2, 0.25) is 0 Å². The Hall–Kier alpha value is -1.03. The molecule has 0 radical (unpaired) electrons. The highest BCUT2D eigenvalue weighted by molar-refractivity contribution is 9.10. The van der Waals surface area contributed by atoms with Gasteiger partial charge in [0.15, 0.2) is 6.17 Å². The number of alkyl halides is 1. The van der Waals surface area contributed by atoms with Gasteiger partial charge >= 0.3 is 5.69 Å². The number of rotatable bonds is 2. The molecule has 1 aromatic heterocycles. The minimum absolute atomic E-state index is 0.00645. The monoisotopic (exact) mass is 324 g/mol. The van der Waals surface area contributed by atoms with Crippen LogP contribution in [0.25, 0.3) is 0 Å². The molecule has 2 rings (SSSR count). The van der Waals surface area contributed by atoms with Gasteiger partial charge in [0.05, 0.1) is 17.7 Å². The first-order valence-electron chi connectivity index (χ1n) is 5.01. The van der Waals surface area contributed by atoms with Gasteiger partial charge in [-0.2, -0.15) is 0 Å². The zero-order chi connectivity index (χ0) is 13.5. The van der Waals surface area contributed by atoms with Gasteiger partial charge in [0.25, 0.3) is 5.56 Å². The number of aliphatic hydroxyl groups excluding tert-OH is 2. The summed E-state index contributed by atoms with van der Waals surface area (Å²) in [6.07, 6.45) is -2.40. The van der Waals surface area contributed by atoms with Crippen LogP contribution in [0.4, 0.5) is 4.39 Å². The maximum Gasteiger partial charge on any atom is 0.330 e. The van der Waals surface area contributed by atoms with E-state index in [0.29, 0.717) is 0 Å². The minimum Gasteiger partial charge on any atom is -0.391 e. The van der Waals surface area contributed by atoms with Crippen LogP contribution in [-0.2, 0) is 10.5 Å². The Morgan fingerprint density at radius 2 is 2.33 bits per heavy atom. The third kappa shape index (κ3) is 1.83. The van der Waals surface area contributed by atoms with Crippen molar-refractivity contribution in [2.45, 2.75) is 18.0 Å². The first-order chi connectivity index (χ1) is 8.42. The predicted molar refractivity (Wildman–Crippen MR) is 60.9 cm³/mol. The molecule has 1 aromatic rings. The fourth-order valence-corrected chi connectivity index (χ4v) is 2.14. The first kappa shape index (κ1) is 13.4. The van der Waals surface area contributed by atoms with Crippen molar-refractivity contribution < 1.29 is 19.3 Å². The van der Waals surface area contributed by atoms with Crippen LogP contribution >= 0.6 is 15.9 Å². The van der Waals surface area contributed by atoms with Crippen molar-refractivity contribution >= 4 is 15.9 Å². The van der Waals surface area contributed by atoms with Crippen LogP contribution in [-0.4, -0.2) is 45.3 Å². The van der Waals surface area contributed by atoms with Gasteiger partial charge in [-0.15, -0.1) is 0 Å². The van der Waals surface area contributed by atoms with Gasteiger partial charge in [0, 0.05) is 6.20 Å². The van der Waals surface area contributed by atoms with Crippen molar-refractivity contribution in [2.24, 2.45) is 0 Å². The fraction of sp³-hybridized carbons (Fsp3) is 0.556. The van der Waals surface area contributed by atoms with Crippen molar-refractivity contribution in [3.05, 3.63) is 31.5 Å². The van der Waals surface area contributed by atoms with E-state index in [-0.39, 0.29) is 4.47 Å². The summed E-state index contributed by atoms with van der Waals surface area (Å²) in [5, 5.41) is 19.0. The molecule has 0 aliphatic carbocycles. The lowest BCUT2D eigenvalue weighted by molar-refractivity contribution is -0.153. The molecule has 9 heteroatoms. The second kappa shape index (κ2) is 4.57. The first-order valence-corrected chi connectivity index (χ1v) is 5.80. The average molecular weight is 325 g/mol. The van der Waals surface area contributed by atoms with Crippen molar-refractivity contribution in [3.8, 4) is 0 Å². The molecule has 1 fully saturated rings. The zero-order valence-corrected chi connectivity index (χ0v) is 10.6. The molecule has 0 saturated carbocycles. The van der Waals surface area contributed by atoms with E-state index in [2.05, 4.69) is 15.9 Å². The summed E-state index contributed by atoms with van der Waals surface area (Å²) in [5.74, 6) is 0. The Balaban J connectivity index is 2.63. The summed E-state index contributed by atoms with van der Waals surface area (Å²) >= 11 is 2.90. The standard InChI is InChI=1S/C9H10BrFN2O5/c10-4-1-13(8(17)12-7(4)16)9(3-14)6(15)5(11)2-18-9/h1,5-6,14-15H,2-3H2,(H,12,16,17)/t5-,6-,9-/m0/s1. The Kier molecular flexibility index (Phi) is 3.41. The van der Waals surface area contributed by atoms with Crippen molar-refractivity contribution in [1.82, 2.24) is 9.55 Å². The molecule has 2 heterocycles. The third-order valence-corrected chi connectivity index (χ3v) is 3.40. The number of halogens is 2. The Morgan fingerprint density at radius 3 is 2.83 bits per heavy atom. The quantitative estimate of drug-likeness (QED) is 0.625. The van der Waals surface area contributed by atoms with E-state index in [9.17, 15) is 24.2 Å². The topological polar surface area (TPSA) is 105 Å². The van der Waals surface area contributed by atoms with Gasteiger partial charge in [0.1, 0.15) is 6.10 Å². The molecule has 0 amide bonds. The average Bonchev–Trinajstić information content (AvgIpc) is 2.62. The molecule has 1 aliphatic heterocycles. The molecule has 7 nitrogen and oxygen atoms in total. The number of hydrogen-bond donors (Lipinski definition) is 3. The smallest absolute Gasteiger partial charge is 0.330 e. The Morgan fingerprint density at radius 1 is 1.67 bits per heavy atom. The second-order valence-electron chi connectivity index (χ2n) is 3.88. The molecule has 3 atom stereocenters.